The standard InChI is InChI=1S/C10H22O4Si/c1-5-12-8-7-9-15(4,13-6-2)14-10(3)11/h5-9H2,1-4H3. The Labute approximate surface area is 93.2 Å². The Morgan fingerprint density at radius 3 is 2.40 bits per heavy atom. The van der Waals surface area contributed by atoms with Gasteiger partial charge >= 0.3 is 8.56 Å². The van der Waals surface area contributed by atoms with Crippen LogP contribution in [0.25, 0.3) is 0 Å². The van der Waals surface area contributed by atoms with E-state index in [4.69, 9.17) is 13.6 Å². The molecule has 0 rings (SSSR count). The van der Waals surface area contributed by atoms with Gasteiger partial charge in [0.15, 0.2) is 0 Å². The highest BCUT2D eigenvalue weighted by atomic mass is 28.4. The Hall–Kier alpha value is -0.393. The monoisotopic (exact) mass is 234 g/mol. The number of rotatable bonds is 8. The maximum Gasteiger partial charge on any atom is 0.398 e. The van der Waals surface area contributed by atoms with E-state index < -0.39 is 8.56 Å². The van der Waals surface area contributed by atoms with Crippen LogP contribution in [0.2, 0.25) is 12.6 Å². The summed E-state index contributed by atoms with van der Waals surface area (Å²) in [5.74, 6) is -0.256. The van der Waals surface area contributed by atoms with Crippen LogP contribution < -0.4 is 0 Å². The van der Waals surface area contributed by atoms with Gasteiger partial charge in [0.1, 0.15) is 0 Å². The molecule has 0 aromatic heterocycles. The molecule has 5 heteroatoms. The molecule has 0 bridgehead atoms. The first-order chi connectivity index (χ1) is 7.04. The van der Waals surface area contributed by atoms with Crippen molar-refractivity contribution in [2.75, 3.05) is 19.8 Å². The summed E-state index contributed by atoms with van der Waals surface area (Å²) in [5, 5.41) is 0. The zero-order valence-electron chi connectivity index (χ0n) is 10.2. The molecule has 1 unspecified atom stereocenters. The lowest BCUT2D eigenvalue weighted by Gasteiger charge is -2.25. The first kappa shape index (κ1) is 14.6. The van der Waals surface area contributed by atoms with E-state index in [0.29, 0.717) is 13.2 Å². The van der Waals surface area contributed by atoms with E-state index in [1.807, 2.05) is 20.4 Å². The highest BCUT2D eigenvalue weighted by Crippen LogP contribution is 2.16. The minimum Gasteiger partial charge on any atom is -0.494 e. The van der Waals surface area contributed by atoms with Crippen LogP contribution in [0, 0.1) is 0 Å². The van der Waals surface area contributed by atoms with Gasteiger partial charge in [-0.1, -0.05) is 0 Å². The quantitative estimate of drug-likeness (QED) is 0.476. The minimum atomic E-state index is -2.29. The number of ether oxygens (including phenoxy) is 1. The Morgan fingerprint density at radius 1 is 1.27 bits per heavy atom. The summed E-state index contributed by atoms with van der Waals surface area (Å²) in [7, 11) is -2.29. The summed E-state index contributed by atoms with van der Waals surface area (Å²) in [5.41, 5.74) is 0. The fourth-order valence-corrected chi connectivity index (χ4v) is 3.71. The molecule has 0 aromatic carbocycles. The van der Waals surface area contributed by atoms with Gasteiger partial charge in [-0.3, -0.25) is 4.79 Å². The number of carbonyl (C=O) groups excluding carboxylic acids is 1. The molecule has 0 saturated carbocycles. The summed E-state index contributed by atoms with van der Waals surface area (Å²) in [6.07, 6.45) is 0.879. The molecule has 0 aliphatic rings. The van der Waals surface area contributed by atoms with Crippen molar-refractivity contribution >= 4 is 14.5 Å². The molecule has 0 amide bonds. The van der Waals surface area contributed by atoms with Crippen molar-refractivity contribution in [3.63, 3.8) is 0 Å². The van der Waals surface area contributed by atoms with Crippen LogP contribution in [-0.2, 0) is 18.4 Å². The van der Waals surface area contributed by atoms with E-state index in [-0.39, 0.29) is 5.97 Å². The number of hydrogen-bond acceptors (Lipinski definition) is 4. The molecule has 15 heavy (non-hydrogen) atoms. The van der Waals surface area contributed by atoms with Crippen LogP contribution in [0.15, 0.2) is 0 Å². The van der Waals surface area contributed by atoms with Gasteiger partial charge in [0.2, 0.25) is 0 Å². The Balaban J connectivity index is 3.95. The molecule has 1 atom stereocenters. The predicted octanol–water partition coefficient (Wildman–Crippen LogP) is 2.08. The zero-order chi connectivity index (χ0) is 11.7. The highest BCUT2D eigenvalue weighted by molar-refractivity contribution is 6.67. The topological polar surface area (TPSA) is 44.8 Å². The van der Waals surface area contributed by atoms with Crippen LogP contribution in [0.1, 0.15) is 27.2 Å². The van der Waals surface area contributed by atoms with Gasteiger partial charge in [-0.05, 0) is 26.8 Å². The number of carbonyl (C=O) groups is 1. The van der Waals surface area contributed by atoms with E-state index in [0.717, 1.165) is 19.1 Å². The van der Waals surface area contributed by atoms with Crippen LogP contribution >= 0.6 is 0 Å². The molecule has 0 radical (unpaired) electrons. The van der Waals surface area contributed by atoms with Crippen molar-refractivity contribution in [2.45, 2.75) is 39.8 Å². The SMILES string of the molecule is CCOCCC[Si](C)(OCC)OC(C)=O. The van der Waals surface area contributed by atoms with Gasteiger partial charge in [0, 0.05) is 32.8 Å². The molecule has 0 heterocycles. The fraction of sp³-hybridized carbons (Fsp3) is 0.900. The minimum absolute atomic E-state index is 0.256. The van der Waals surface area contributed by atoms with Crippen LogP contribution in [0.5, 0.6) is 0 Å². The van der Waals surface area contributed by atoms with Crippen LogP contribution in [-0.4, -0.2) is 34.4 Å². The van der Waals surface area contributed by atoms with Crippen molar-refractivity contribution in [1.82, 2.24) is 0 Å². The van der Waals surface area contributed by atoms with Gasteiger partial charge in [-0.25, -0.2) is 0 Å². The summed E-state index contributed by atoms with van der Waals surface area (Å²) >= 11 is 0. The van der Waals surface area contributed by atoms with Gasteiger partial charge in [0.05, 0.1) is 0 Å². The fourth-order valence-electron chi connectivity index (χ4n) is 1.40. The number of hydrogen-bond donors (Lipinski definition) is 0. The molecule has 0 aliphatic heterocycles. The lowest BCUT2D eigenvalue weighted by Crippen LogP contribution is -2.40. The lowest BCUT2D eigenvalue weighted by molar-refractivity contribution is -0.134. The van der Waals surface area contributed by atoms with E-state index in [2.05, 4.69) is 0 Å². The molecular weight excluding hydrogens is 212 g/mol. The van der Waals surface area contributed by atoms with Crippen LogP contribution in [0.3, 0.4) is 0 Å². The molecule has 0 spiro atoms. The molecule has 0 saturated heterocycles. The largest absolute Gasteiger partial charge is 0.494 e. The predicted molar refractivity (Wildman–Crippen MR) is 60.9 cm³/mol. The van der Waals surface area contributed by atoms with Crippen molar-refractivity contribution in [3.8, 4) is 0 Å². The van der Waals surface area contributed by atoms with E-state index in [1.165, 1.54) is 6.92 Å². The molecule has 0 fully saturated rings. The average molecular weight is 234 g/mol. The van der Waals surface area contributed by atoms with Crippen molar-refractivity contribution < 1.29 is 18.4 Å². The van der Waals surface area contributed by atoms with Crippen LogP contribution in [0.4, 0.5) is 0 Å². The summed E-state index contributed by atoms with van der Waals surface area (Å²) in [6, 6.07) is 0.792. The van der Waals surface area contributed by atoms with Gasteiger partial charge in [0.25, 0.3) is 5.97 Å². The highest BCUT2D eigenvalue weighted by Gasteiger charge is 2.33. The van der Waals surface area contributed by atoms with Gasteiger partial charge < -0.3 is 13.6 Å². The van der Waals surface area contributed by atoms with Gasteiger partial charge in [-0.2, -0.15) is 0 Å². The van der Waals surface area contributed by atoms with Crippen molar-refractivity contribution in [1.29, 1.82) is 0 Å². The average Bonchev–Trinajstić information content (AvgIpc) is 2.11. The third kappa shape index (κ3) is 7.53. The van der Waals surface area contributed by atoms with E-state index in [9.17, 15) is 4.79 Å². The van der Waals surface area contributed by atoms with Crippen molar-refractivity contribution in [3.05, 3.63) is 0 Å². The maximum absolute atomic E-state index is 10.9. The molecule has 0 N–H and O–H groups in total. The Kier molecular flexibility index (Phi) is 7.64. The lowest BCUT2D eigenvalue weighted by atomic mass is 10.5. The van der Waals surface area contributed by atoms with E-state index in [1.54, 1.807) is 0 Å². The smallest absolute Gasteiger partial charge is 0.398 e. The molecule has 4 nitrogen and oxygen atoms in total. The van der Waals surface area contributed by atoms with Gasteiger partial charge in [-0.15, -0.1) is 0 Å². The second kappa shape index (κ2) is 7.84. The Morgan fingerprint density at radius 2 is 1.93 bits per heavy atom. The first-order valence-corrected chi connectivity index (χ1v) is 7.97. The van der Waals surface area contributed by atoms with E-state index >= 15 is 0 Å². The van der Waals surface area contributed by atoms with Crippen molar-refractivity contribution in [2.24, 2.45) is 0 Å². The molecule has 0 aromatic rings. The molecule has 90 valence electrons. The zero-order valence-corrected chi connectivity index (χ0v) is 11.2. The Bertz CT molecular complexity index is 186. The maximum atomic E-state index is 10.9. The second-order valence-electron chi connectivity index (χ2n) is 3.46. The molecule has 0 aliphatic carbocycles. The normalized spacial score (nSPS) is 14.7. The summed E-state index contributed by atoms with van der Waals surface area (Å²) in [4.78, 5) is 10.9. The third-order valence-corrected chi connectivity index (χ3v) is 4.81. The molecular formula is C10H22O4Si. The second-order valence-corrected chi connectivity index (χ2v) is 6.72. The first-order valence-electron chi connectivity index (χ1n) is 5.45. The summed E-state index contributed by atoms with van der Waals surface area (Å²) < 4.78 is 16.1. The third-order valence-electron chi connectivity index (χ3n) is 1.93. The summed E-state index contributed by atoms with van der Waals surface area (Å²) in [6.45, 7) is 9.23.